The molecular formula is C23H28FN7O3S. The molecule has 10 nitrogen and oxygen atoms in total. The van der Waals surface area contributed by atoms with Gasteiger partial charge in [-0.3, -0.25) is 9.10 Å². The van der Waals surface area contributed by atoms with Crippen molar-refractivity contribution in [1.29, 1.82) is 0 Å². The standard InChI is InChI=1S/C23H28FN7O3S/c1-4-5-12-34-20-15-26-19(14-27-20)21(32)29-16-8-9-18(24)17(13-16)23(2,3)30-22(25)31-11-7-6-10-28-35(31)33/h8-9,13-15,35H,6-7,10-12H2,1-3H3,(H2,25,30)(H,29,32). The van der Waals surface area contributed by atoms with Gasteiger partial charge in [-0.15, -0.1) is 5.92 Å². The van der Waals surface area contributed by atoms with E-state index in [1.54, 1.807) is 20.8 Å². The van der Waals surface area contributed by atoms with Crippen LogP contribution in [-0.4, -0.2) is 50.0 Å². The Morgan fingerprint density at radius 1 is 1.34 bits per heavy atom. The van der Waals surface area contributed by atoms with Crippen molar-refractivity contribution < 1.29 is 18.1 Å². The lowest BCUT2D eigenvalue weighted by Crippen LogP contribution is -2.38. The second kappa shape index (κ2) is 11.6. The zero-order valence-electron chi connectivity index (χ0n) is 19.8. The summed E-state index contributed by atoms with van der Waals surface area (Å²) in [7, 11) is -2.03. The maximum atomic E-state index is 14.8. The summed E-state index contributed by atoms with van der Waals surface area (Å²) < 4.78 is 37.9. The van der Waals surface area contributed by atoms with Crippen LogP contribution in [0.25, 0.3) is 0 Å². The lowest BCUT2D eigenvalue weighted by atomic mass is 9.94. The van der Waals surface area contributed by atoms with E-state index in [-0.39, 0.29) is 29.7 Å². The van der Waals surface area contributed by atoms with Crippen LogP contribution in [0.5, 0.6) is 5.88 Å². The van der Waals surface area contributed by atoms with Gasteiger partial charge in [0, 0.05) is 24.3 Å². The second-order valence-corrected chi connectivity index (χ2v) is 9.35. The fourth-order valence-corrected chi connectivity index (χ4v) is 4.25. The van der Waals surface area contributed by atoms with Gasteiger partial charge >= 0.3 is 0 Å². The normalized spacial score (nSPS) is 16.4. The molecule has 1 aliphatic heterocycles. The van der Waals surface area contributed by atoms with Crippen molar-refractivity contribution in [3.8, 4) is 17.7 Å². The summed E-state index contributed by atoms with van der Waals surface area (Å²) in [5, 5.41) is 2.68. The summed E-state index contributed by atoms with van der Waals surface area (Å²) in [6, 6.07) is 4.14. The average molecular weight is 502 g/mol. The highest BCUT2D eigenvalue weighted by Gasteiger charge is 2.26. The van der Waals surface area contributed by atoms with Crippen LogP contribution in [-0.2, 0) is 16.3 Å². The SMILES string of the molecule is CC#CCOc1cnc(C(=O)Nc2ccc(F)c(C(C)(C)/N=C(/N)N3CCCCN=[SH]3=O)c2)cn1. The van der Waals surface area contributed by atoms with Crippen molar-refractivity contribution >= 4 is 28.3 Å². The Labute approximate surface area is 205 Å². The number of aliphatic imine (C=N–C) groups is 1. The number of nitrogens with two attached hydrogens (primary N) is 1. The van der Waals surface area contributed by atoms with E-state index in [0.717, 1.165) is 12.8 Å². The Morgan fingerprint density at radius 2 is 2.14 bits per heavy atom. The maximum Gasteiger partial charge on any atom is 0.275 e. The largest absolute Gasteiger partial charge is 0.463 e. The lowest BCUT2D eigenvalue weighted by Gasteiger charge is -2.25. The zero-order valence-corrected chi connectivity index (χ0v) is 20.7. The van der Waals surface area contributed by atoms with Crippen LogP contribution in [0.15, 0.2) is 39.9 Å². The molecule has 12 heteroatoms. The van der Waals surface area contributed by atoms with Crippen LogP contribution in [0.2, 0.25) is 0 Å². The minimum Gasteiger partial charge on any atom is -0.463 e. The molecule has 0 aliphatic carbocycles. The number of aromatic nitrogens is 2. The molecule has 0 spiro atoms. The number of amides is 1. The quantitative estimate of drug-likeness (QED) is 0.241. The first-order valence-corrected chi connectivity index (χ1v) is 12.1. The summed E-state index contributed by atoms with van der Waals surface area (Å²) in [5.74, 6) is 4.65. The number of nitrogens with zero attached hydrogens (tertiary/aromatic N) is 5. The summed E-state index contributed by atoms with van der Waals surface area (Å²) in [5.41, 5.74) is 5.61. The van der Waals surface area contributed by atoms with Crippen LogP contribution >= 0.6 is 0 Å². The van der Waals surface area contributed by atoms with Gasteiger partial charge in [-0.25, -0.2) is 27.9 Å². The lowest BCUT2D eigenvalue weighted by molar-refractivity contribution is 0.102. The predicted octanol–water partition coefficient (Wildman–Crippen LogP) is 2.50. The fraction of sp³-hybridized carbons (Fsp3) is 0.391. The fourth-order valence-electron chi connectivity index (χ4n) is 3.26. The number of thiol groups is 1. The molecule has 0 bridgehead atoms. The van der Waals surface area contributed by atoms with E-state index in [1.165, 1.54) is 34.9 Å². The highest BCUT2D eigenvalue weighted by Crippen LogP contribution is 2.30. The minimum atomic E-state index is -2.03. The highest BCUT2D eigenvalue weighted by atomic mass is 32.2. The van der Waals surface area contributed by atoms with Gasteiger partial charge in [0.25, 0.3) is 5.91 Å². The number of benzene rings is 1. The van der Waals surface area contributed by atoms with E-state index in [4.69, 9.17) is 10.5 Å². The van der Waals surface area contributed by atoms with Gasteiger partial charge in [-0.2, -0.15) is 0 Å². The first kappa shape index (κ1) is 25.9. The Kier molecular flexibility index (Phi) is 8.59. The van der Waals surface area contributed by atoms with Gasteiger partial charge in [0.05, 0.1) is 17.9 Å². The number of carbonyl (C=O) groups excluding carboxylic acids is 1. The van der Waals surface area contributed by atoms with E-state index >= 15 is 0 Å². The number of carbonyl (C=O) groups is 1. The van der Waals surface area contributed by atoms with Crippen LogP contribution in [0.4, 0.5) is 10.1 Å². The molecule has 1 amide bonds. The molecule has 0 saturated heterocycles. The Hall–Kier alpha value is -3.72. The molecule has 1 aliphatic rings. The molecule has 0 radical (unpaired) electrons. The Bertz CT molecular complexity index is 1250. The molecule has 0 saturated carbocycles. The van der Waals surface area contributed by atoms with E-state index in [9.17, 15) is 13.4 Å². The summed E-state index contributed by atoms with van der Waals surface area (Å²) in [6.07, 6.45) is 4.19. The molecule has 1 unspecified atom stereocenters. The van der Waals surface area contributed by atoms with Crippen molar-refractivity contribution in [3.63, 3.8) is 0 Å². The van der Waals surface area contributed by atoms with E-state index in [0.29, 0.717) is 18.8 Å². The third kappa shape index (κ3) is 6.89. The maximum absolute atomic E-state index is 14.8. The average Bonchev–Trinajstić information content (AvgIpc) is 3.04. The van der Waals surface area contributed by atoms with Gasteiger partial charge in [-0.05, 0) is 51.8 Å². The van der Waals surface area contributed by atoms with E-state index < -0.39 is 28.0 Å². The van der Waals surface area contributed by atoms with Crippen molar-refractivity contribution in [2.24, 2.45) is 15.1 Å². The molecule has 0 fully saturated rings. The van der Waals surface area contributed by atoms with Crippen molar-refractivity contribution in [2.45, 2.75) is 39.2 Å². The number of hydrogen-bond acceptors (Lipinski definition) is 7. The Morgan fingerprint density at radius 3 is 2.86 bits per heavy atom. The van der Waals surface area contributed by atoms with Crippen molar-refractivity contribution in [1.82, 2.24) is 14.3 Å². The molecule has 35 heavy (non-hydrogen) atoms. The van der Waals surface area contributed by atoms with Gasteiger partial charge in [0.15, 0.2) is 6.61 Å². The number of ether oxygens (including phenoxy) is 1. The summed E-state index contributed by atoms with van der Waals surface area (Å²) >= 11 is 0. The molecular weight excluding hydrogens is 473 g/mol. The zero-order chi connectivity index (χ0) is 25.4. The number of rotatable bonds is 6. The monoisotopic (exact) mass is 501 g/mol. The summed E-state index contributed by atoms with van der Waals surface area (Å²) in [6.45, 7) is 6.19. The molecule has 3 N–H and O–H groups in total. The predicted molar refractivity (Wildman–Crippen MR) is 133 cm³/mol. The highest BCUT2D eigenvalue weighted by molar-refractivity contribution is 7.73. The van der Waals surface area contributed by atoms with Crippen LogP contribution in [0.3, 0.4) is 0 Å². The minimum absolute atomic E-state index is 0.0260. The molecule has 186 valence electrons. The second-order valence-electron chi connectivity index (χ2n) is 8.08. The van der Waals surface area contributed by atoms with Gasteiger partial charge in [0.2, 0.25) is 11.8 Å². The van der Waals surface area contributed by atoms with Crippen LogP contribution < -0.4 is 15.8 Å². The summed E-state index contributed by atoms with van der Waals surface area (Å²) in [4.78, 5) is 25.1. The third-order valence-electron chi connectivity index (χ3n) is 5.08. The molecule has 2 aromatic rings. The Balaban J connectivity index is 1.78. The number of anilines is 1. The molecule has 3 rings (SSSR count). The molecule has 1 atom stereocenters. The van der Waals surface area contributed by atoms with Gasteiger partial charge in [0.1, 0.15) is 22.3 Å². The number of halogens is 1. The van der Waals surface area contributed by atoms with Gasteiger partial charge < -0.3 is 15.8 Å². The molecule has 1 aromatic heterocycles. The number of nitrogens with one attached hydrogen (secondary N) is 1. The van der Waals surface area contributed by atoms with E-state index in [2.05, 4.69) is 36.5 Å². The van der Waals surface area contributed by atoms with Crippen LogP contribution in [0, 0.1) is 17.7 Å². The molecule has 2 heterocycles. The number of guanidine groups is 1. The number of hydrogen-bond donors (Lipinski definition) is 3. The molecule has 1 aromatic carbocycles. The first-order chi connectivity index (χ1) is 16.7. The van der Waals surface area contributed by atoms with Crippen molar-refractivity contribution in [2.75, 3.05) is 25.0 Å². The topological polar surface area (TPSA) is 135 Å². The van der Waals surface area contributed by atoms with Crippen LogP contribution in [0.1, 0.15) is 49.7 Å². The van der Waals surface area contributed by atoms with Gasteiger partial charge in [-0.1, -0.05) is 5.92 Å². The van der Waals surface area contributed by atoms with Crippen molar-refractivity contribution in [3.05, 3.63) is 47.7 Å². The third-order valence-corrected chi connectivity index (χ3v) is 6.34. The smallest absolute Gasteiger partial charge is 0.275 e. The van der Waals surface area contributed by atoms with E-state index in [1.807, 2.05) is 0 Å². The first-order valence-electron chi connectivity index (χ1n) is 10.9.